The van der Waals surface area contributed by atoms with E-state index >= 15 is 0 Å². The van der Waals surface area contributed by atoms with E-state index in [0.717, 1.165) is 35.3 Å². The Labute approximate surface area is 257 Å². The number of alkyl halides is 3. The van der Waals surface area contributed by atoms with E-state index in [1.807, 2.05) is 56.3 Å². The summed E-state index contributed by atoms with van der Waals surface area (Å²) in [5.41, 5.74) is 10.6. The molecule has 1 heterocycles. The normalized spacial score (nSPS) is 11.8. The summed E-state index contributed by atoms with van der Waals surface area (Å²) in [6, 6.07) is 18.9. The van der Waals surface area contributed by atoms with Crippen molar-refractivity contribution in [2.24, 2.45) is 10.7 Å². The maximum absolute atomic E-state index is 12.4. The lowest BCUT2D eigenvalue weighted by Crippen LogP contribution is -2.44. The average molecular weight is 627 g/mol. The monoisotopic (exact) mass is 626 g/mol. The Balaban J connectivity index is 1.13. The molecule has 0 fully saturated rings. The Hall–Kier alpha value is -4.56. The second-order valence-electron chi connectivity index (χ2n) is 9.76. The van der Waals surface area contributed by atoms with Gasteiger partial charge in [0.05, 0.1) is 5.69 Å². The maximum Gasteiger partial charge on any atom is 0.573 e. The van der Waals surface area contributed by atoms with Crippen molar-refractivity contribution >= 4 is 23.9 Å². The topological polar surface area (TPSA) is 131 Å². The smallest absolute Gasteiger partial charge is 0.406 e. The molecule has 0 radical (unpaired) electrons. The van der Waals surface area contributed by atoms with Gasteiger partial charge in [0, 0.05) is 17.0 Å². The summed E-state index contributed by atoms with van der Waals surface area (Å²) in [4.78, 5) is 21.7. The Bertz CT molecular complexity index is 1540. The zero-order valence-electron chi connectivity index (χ0n) is 24.2. The number of guanidine groups is 1. The van der Waals surface area contributed by atoms with Crippen LogP contribution in [0.15, 0.2) is 82.9 Å². The van der Waals surface area contributed by atoms with Crippen molar-refractivity contribution in [1.29, 1.82) is 0 Å². The number of aryl methyl sites for hydroxylation is 3. The lowest BCUT2D eigenvalue weighted by molar-refractivity contribution is -0.274. The van der Waals surface area contributed by atoms with Gasteiger partial charge in [-0.15, -0.1) is 18.3 Å². The number of carbonyl (C=O) groups excluding carboxylic acids is 1. The minimum absolute atomic E-state index is 0.0324. The SMILES string of the molecule is Cc1cccc(C)c1SNCN=C(N)NC(=O)NCCCCc1ccc(-c2ncn(-c3ccc(OC(F)(F)F)cc3)n2)cc1. The summed E-state index contributed by atoms with van der Waals surface area (Å²) in [5, 5.41) is 9.72. The van der Waals surface area contributed by atoms with Gasteiger partial charge in [-0.05, 0) is 86.0 Å². The molecule has 0 spiro atoms. The quantitative estimate of drug-likeness (QED) is 0.0693. The second-order valence-corrected chi connectivity index (χ2v) is 10.7. The summed E-state index contributed by atoms with van der Waals surface area (Å²) in [6.07, 6.45) is -0.783. The fourth-order valence-electron chi connectivity index (χ4n) is 4.18. The van der Waals surface area contributed by atoms with E-state index in [9.17, 15) is 18.0 Å². The number of benzene rings is 3. The molecule has 10 nitrogen and oxygen atoms in total. The van der Waals surface area contributed by atoms with Crippen molar-refractivity contribution in [3.63, 3.8) is 0 Å². The first-order valence-electron chi connectivity index (χ1n) is 13.8. The van der Waals surface area contributed by atoms with Crippen LogP contribution in [0.25, 0.3) is 17.1 Å². The summed E-state index contributed by atoms with van der Waals surface area (Å²) in [6.45, 7) is 4.83. The van der Waals surface area contributed by atoms with Crippen LogP contribution in [-0.4, -0.2) is 46.3 Å². The van der Waals surface area contributed by atoms with E-state index in [2.05, 4.69) is 35.2 Å². The molecule has 4 aromatic rings. The lowest BCUT2D eigenvalue weighted by atomic mass is 10.1. The Morgan fingerprint density at radius 1 is 1.02 bits per heavy atom. The van der Waals surface area contributed by atoms with Crippen LogP contribution in [0.3, 0.4) is 0 Å². The molecule has 232 valence electrons. The minimum atomic E-state index is -4.74. The fraction of sp³-hybridized carbons (Fsp3) is 0.267. The third-order valence-corrected chi connectivity index (χ3v) is 7.48. The number of rotatable bonds is 12. The number of carbonyl (C=O) groups is 1. The molecule has 0 aliphatic rings. The van der Waals surface area contributed by atoms with Crippen LogP contribution in [0.2, 0.25) is 0 Å². The number of nitrogens with two attached hydrogens (primary N) is 1. The van der Waals surface area contributed by atoms with Crippen LogP contribution in [0, 0.1) is 13.8 Å². The highest BCUT2D eigenvalue weighted by Crippen LogP contribution is 2.25. The van der Waals surface area contributed by atoms with Gasteiger partial charge in [-0.2, -0.15) is 0 Å². The molecule has 0 unspecified atom stereocenters. The lowest BCUT2D eigenvalue weighted by Gasteiger charge is -2.09. The predicted molar refractivity (Wildman–Crippen MR) is 164 cm³/mol. The average Bonchev–Trinajstić information content (AvgIpc) is 3.47. The van der Waals surface area contributed by atoms with Gasteiger partial charge in [-0.1, -0.05) is 42.5 Å². The molecule has 5 N–H and O–H groups in total. The van der Waals surface area contributed by atoms with Crippen LogP contribution in [0.1, 0.15) is 29.5 Å². The number of urea groups is 1. The zero-order chi connectivity index (χ0) is 31.5. The summed E-state index contributed by atoms with van der Waals surface area (Å²) in [7, 11) is 0. The summed E-state index contributed by atoms with van der Waals surface area (Å²) < 4.78 is 45.6. The molecule has 4 rings (SSSR count). The molecule has 2 amide bonds. The minimum Gasteiger partial charge on any atom is -0.406 e. The first-order valence-corrected chi connectivity index (χ1v) is 14.6. The predicted octanol–water partition coefficient (Wildman–Crippen LogP) is 5.64. The van der Waals surface area contributed by atoms with Crippen LogP contribution >= 0.6 is 11.9 Å². The van der Waals surface area contributed by atoms with Gasteiger partial charge in [0.2, 0.25) is 0 Å². The van der Waals surface area contributed by atoms with E-state index in [-0.39, 0.29) is 18.4 Å². The van der Waals surface area contributed by atoms with Gasteiger partial charge in [0.25, 0.3) is 0 Å². The van der Waals surface area contributed by atoms with E-state index in [1.54, 1.807) is 0 Å². The molecular weight excluding hydrogens is 593 g/mol. The van der Waals surface area contributed by atoms with Crippen molar-refractivity contribution < 1.29 is 22.7 Å². The zero-order valence-corrected chi connectivity index (χ0v) is 25.0. The summed E-state index contributed by atoms with van der Waals surface area (Å²) in [5.74, 6) is 0.212. The second kappa shape index (κ2) is 15.3. The first-order chi connectivity index (χ1) is 21.1. The molecule has 3 aromatic carbocycles. The van der Waals surface area contributed by atoms with E-state index in [0.29, 0.717) is 18.1 Å². The number of aromatic nitrogens is 3. The highest BCUT2D eigenvalue weighted by molar-refractivity contribution is 7.97. The van der Waals surface area contributed by atoms with Gasteiger partial charge in [-0.3, -0.25) is 5.32 Å². The molecule has 0 saturated heterocycles. The van der Waals surface area contributed by atoms with Crippen molar-refractivity contribution in [3.05, 3.63) is 89.7 Å². The number of hydrogen-bond acceptors (Lipinski definition) is 7. The van der Waals surface area contributed by atoms with E-state index in [1.165, 1.54) is 58.3 Å². The number of nitrogens with zero attached hydrogens (tertiary/aromatic N) is 4. The number of ether oxygens (including phenoxy) is 1. The molecule has 14 heteroatoms. The van der Waals surface area contributed by atoms with Gasteiger partial charge in [0.15, 0.2) is 11.8 Å². The highest BCUT2D eigenvalue weighted by atomic mass is 32.2. The molecule has 44 heavy (non-hydrogen) atoms. The standard InChI is InChI=1S/C30H33F3N8O2S/c1-20-6-5-7-21(2)26(20)44-38-18-36-28(34)39-29(42)35-17-4-3-8-22-9-11-23(12-10-22)27-37-19-41(40-27)24-13-15-25(16-14-24)43-30(31,32)33/h5-7,9-16,19,38H,3-4,8,17-18H2,1-2H3,(H4,34,35,36,39,42). The highest BCUT2D eigenvalue weighted by Gasteiger charge is 2.31. The largest absolute Gasteiger partial charge is 0.573 e. The van der Waals surface area contributed by atoms with Crippen molar-refractivity contribution in [3.8, 4) is 22.8 Å². The number of unbranched alkanes of at least 4 members (excludes halogenated alkanes) is 1. The van der Waals surface area contributed by atoms with Crippen molar-refractivity contribution in [2.75, 3.05) is 13.2 Å². The van der Waals surface area contributed by atoms with E-state index in [4.69, 9.17) is 5.73 Å². The van der Waals surface area contributed by atoms with Gasteiger partial charge >= 0.3 is 12.4 Å². The fourth-order valence-corrected chi connectivity index (χ4v) is 4.91. The molecule has 0 aliphatic carbocycles. The Kier molecular flexibility index (Phi) is 11.2. The van der Waals surface area contributed by atoms with Crippen LogP contribution < -0.4 is 25.8 Å². The van der Waals surface area contributed by atoms with Crippen LogP contribution in [0.4, 0.5) is 18.0 Å². The molecular formula is C30H33F3N8O2S. The van der Waals surface area contributed by atoms with Crippen LogP contribution in [0.5, 0.6) is 5.75 Å². The van der Waals surface area contributed by atoms with E-state index < -0.39 is 12.4 Å². The Morgan fingerprint density at radius 3 is 2.41 bits per heavy atom. The molecule has 0 atom stereocenters. The first kappa shape index (κ1) is 32.4. The number of halogens is 3. The molecule has 0 saturated carbocycles. The molecule has 0 bridgehead atoms. The van der Waals surface area contributed by atoms with Crippen LogP contribution in [-0.2, 0) is 6.42 Å². The summed E-state index contributed by atoms with van der Waals surface area (Å²) >= 11 is 1.47. The van der Waals surface area contributed by atoms with Gasteiger partial charge < -0.3 is 15.8 Å². The Morgan fingerprint density at radius 2 is 1.73 bits per heavy atom. The molecule has 1 aromatic heterocycles. The number of amides is 2. The van der Waals surface area contributed by atoms with Crippen molar-refractivity contribution in [2.45, 2.75) is 44.4 Å². The van der Waals surface area contributed by atoms with Crippen molar-refractivity contribution in [1.82, 2.24) is 30.1 Å². The third kappa shape index (κ3) is 10.0. The number of nitrogens with one attached hydrogen (secondary N) is 3. The number of hydrogen-bond donors (Lipinski definition) is 4. The van der Waals surface area contributed by atoms with Gasteiger partial charge in [0.1, 0.15) is 18.7 Å². The number of aliphatic imine (C=N–C) groups is 1. The molecule has 0 aliphatic heterocycles. The third-order valence-electron chi connectivity index (χ3n) is 6.36. The van der Waals surface area contributed by atoms with Gasteiger partial charge in [-0.25, -0.2) is 24.2 Å². The maximum atomic E-state index is 12.4.